The molecule has 0 spiro atoms. The highest BCUT2D eigenvalue weighted by atomic mass is 79.9. The molecule has 0 unspecified atom stereocenters. The standard InChI is InChI=1S/C11H9BrO2S/c1-2-7-8-5-6(12)3-4-9(8)15-10(7)11(13)14/h3-5H,2H2,1H3,(H,13,14). The molecular formula is C11H9BrO2S. The second kappa shape index (κ2) is 3.94. The number of aromatic carboxylic acids is 1. The molecule has 0 fully saturated rings. The van der Waals surface area contributed by atoms with Crippen LogP contribution in [0.4, 0.5) is 0 Å². The van der Waals surface area contributed by atoms with E-state index < -0.39 is 5.97 Å². The van der Waals surface area contributed by atoms with Crippen LogP contribution >= 0.6 is 27.3 Å². The van der Waals surface area contributed by atoms with E-state index in [1.807, 2.05) is 25.1 Å². The third-order valence-corrected chi connectivity index (χ3v) is 3.99. The van der Waals surface area contributed by atoms with Gasteiger partial charge in [0, 0.05) is 9.17 Å². The van der Waals surface area contributed by atoms with Gasteiger partial charge in [0.2, 0.25) is 0 Å². The first-order chi connectivity index (χ1) is 7.13. The number of benzene rings is 1. The van der Waals surface area contributed by atoms with Gasteiger partial charge in [-0.05, 0) is 35.6 Å². The van der Waals surface area contributed by atoms with Crippen molar-refractivity contribution in [2.75, 3.05) is 0 Å². The molecule has 1 N–H and O–H groups in total. The molecule has 0 saturated carbocycles. The number of hydrogen-bond donors (Lipinski definition) is 1. The van der Waals surface area contributed by atoms with Gasteiger partial charge in [0.25, 0.3) is 0 Å². The second-order valence-corrected chi connectivity index (χ2v) is 5.18. The van der Waals surface area contributed by atoms with Gasteiger partial charge >= 0.3 is 5.97 Å². The lowest BCUT2D eigenvalue weighted by Crippen LogP contribution is -1.96. The van der Waals surface area contributed by atoms with Crippen molar-refractivity contribution in [3.05, 3.63) is 33.1 Å². The normalized spacial score (nSPS) is 10.8. The summed E-state index contributed by atoms with van der Waals surface area (Å²) >= 11 is 4.74. The molecule has 2 nitrogen and oxygen atoms in total. The summed E-state index contributed by atoms with van der Waals surface area (Å²) in [4.78, 5) is 11.5. The lowest BCUT2D eigenvalue weighted by molar-refractivity contribution is 0.0701. The smallest absolute Gasteiger partial charge is 0.346 e. The molecule has 1 aromatic carbocycles. The third-order valence-electron chi connectivity index (χ3n) is 2.30. The van der Waals surface area contributed by atoms with Crippen molar-refractivity contribution in [1.29, 1.82) is 0 Å². The Morgan fingerprint density at radius 2 is 2.27 bits per heavy atom. The zero-order valence-corrected chi connectivity index (χ0v) is 10.5. The molecule has 0 amide bonds. The summed E-state index contributed by atoms with van der Waals surface area (Å²) in [6.07, 6.45) is 0.748. The highest BCUT2D eigenvalue weighted by molar-refractivity contribution is 9.10. The maximum Gasteiger partial charge on any atom is 0.346 e. The molecule has 0 bridgehead atoms. The van der Waals surface area contributed by atoms with E-state index in [1.165, 1.54) is 11.3 Å². The molecule has 1 aromatic heterocycles. The van der Waals surface area contributed by atoms with Crippen LogP contribution in [0.1, 0.15) is 22.2 Å². The van der Waals surface area contributed by atoms with Gasteiger partial charge in [-0.2, -0.15) is 0 Å². The van der Waals surface area contributed by atoms with Gasteiger partial charge in [0.15, 0.2) is 0 Å². The Kier molecular flexibility index (Phi) is 2.80. The van der Waals surface area contributed by atoms with Crippen LogP contribution in [0.15, 0.2) is 22.7 Å². The zero-order chi connectivity index (χ0) is 11.0. The highest BCUT2D eigenvalue weighted by Crippen LogP contribution is 2.33. The van der Waals surface area contributed by atoms with E-state index in [0.717, 1.165) is 26.5 Å². The number of rotatable bonds is 2. The van der Waals surface area contributed by atoms with Crippen LogP contribution in [-0.4, -0.2) is 11.1 Å². The molecule has 2 rings (SSSR count). The fourth-order valence-corrected chi connectivity index (χ4v) is 3.12. The van der Waals surface area contributed by atoms with Crippen LogP contribution in [0.5, 0.6) is 0 Å². The molecule has 0 aliphatic carbocycles. The van der Waals surface area contributed by atoms with Gasteiger partial charge in [0.05, 0.1) is 0 Å². The highest BCUT2D eigenvalue weighted by Gasteiger charge is 2.15. The Bertz CT molecular complexity index is 531. The Labute approximate surface area is 99.7 Å². The minimum atomic E-state index is -0.829. The van der Waals surface area contributed by atoms with E-state index in [4.69, 9.17) is 5.11 Å². The molecule has 0 radical (unpaired) electrons. The second-order valence-electron chi connectivity index (χ2n) is 3.21. The van der Waals surface area contributed by atoms with E-state index in [9.17, 15) is 4.79 Å². The Morgan fingerprint density at radius 3 is 2.87 bits per heavy atom. The predicted molar refractivity (Wildman–Crippen MR) is 65.9 cm³/mol. The average Bonchev–Trinajstić information content (AvgIpc) is 2.55. The molecule has 0 atom stereocenters. The summed E-state index contributed by atoms with van der Waals surface area (Å²) in [5, 5.41) is 10.1. The van der Waals surface area contributed by atoms with Crippen LogP contribution in [0.25, 0.3) is 10.1 Å². The van der Waals surface area contributed by atoms with Gasteiger partial charge < -0.3 is 5.11 Å². The number of aryl methyl sites for hydroxylation is 1. The number of carboxylic acids is 1. The monoisotopic (exact) mass is 284 g/mol. The summed E-state index contributed by atoms with van der Waals surface area (Å²) in [5.41, 5.74) is 0.934. The number of halogens is 1. The molecule has 78 valence electrons. The summed E-state index contributed by atoms with van der Waals surface area (Å²) in [7, 11) is 0. The molecule has 4 heteroatoms. The van der Waals surface area contributed by atoms with Crippen LogP contribution in [0.3, 0.4) is 0 Å². The van der Waals surface area contributed by atoms with Crippen molar-refractivity contribution in [2.45, 2.75) is 13.3 Å². The van der Waals surface area contributed by atoms with Gasteiger partial charge in [-0.25, -0.2) is 4.79 Å². The van der Waals surface area contributed by atoms with Crippen LogP contribution < -0.4 is 0 Å². The first-order valence-corrected chi connectivity index (χ1v) is 6.18. The Morgan fingerprint density at radius 1 is 1.53 bits per heavy atom. The SMILES string of the molecule is CCc1c(C(=O)O)sc2ccc(Br)cc12. The Hall–Kier alpha value is -0.870. The number of fused-ring (bicyclic) bond motifs is 1. The Balaban J connectivity index is 2.79. The number of carbonyl (C=O) groups is 1. The first-order valence-electron chi connectivity index (χ1n) is 4.57. The first kappa shape index (κ1) is 10.6. The van der Waals surface area contributed by atoms with Gasteiger partial charge in [-0.15, -0.1) is 11.3 Å². The van der Waals surface area contributed by atoms with Crippen LogP contribution in [-0.2, 0) is 6.42 Å². The molecule has 0 aliphatic rings. The summed E-state index contributed by atoms with van der Waals surface area (Å²) in [6, 6.07) is 5.87. The average molecular weight is 285 g/mol. The number of hydrogen-bond acceptors (Lipinski definition) is 2. The fourth-order valence-electron chi connectivity index (χ4n) is 1.64. The quantitative estimate of drug-likeness (QED) is 0.907. The number of thiophene rings is 1. The molecular weight excluding hydrogens is 276 g/mol. The van der Waals surface area contributed by atoms with E-state index in [1.54, 1.807) is 0 Å². The maximum absolute atomic E-state index is 11.0. The van der Waals surface area contributed by atoms with Crippen molar-refractivity contribution < 1.29 is 9.90 Å². The summed E-state index contributed by atoms with van der Waals surface area (Å²) in [5.74, 6) is -0.829. The van der Waals surface area contributed by atoms with Crippen molar-refractivity contribution >= 4 is 43.3 Å². The zero-order valence-electron chi connectivity index (χ0n) is 8.08. The van der Waals surface area contributed by atoms with Crippen molar-refractivity contribution in [2.24, 2.45) is 0 Å². The van der Waals surface area contributed by atoms with Gasteiger partial charge in [-0.3, -0.25) is 0 Å². The lowest BCUT2D eigenvalue weighted by atomic mass is 10.1. The maximum atomic E-state index is 11.0. The summed E-state index contributed by atoms with van der Waals surface area (Å²) < 4.78 is 2.02. The van der Waals surface area contributed by atoms with E-state index in [-0.39, 0.29) is 0 Å². The van der Waals surface area contributed by atoms with Gasteiger partial charge in [-0.1, -0.05) is 22.9 Å². The van der Waals surface area contributed by atoms with Crippen molar-refractivity contribution in [3.8, 4) is 0 Å². The van der Waals surface area contributed by atoms with Crippen molar-refractivity contribution in [3.63, 3.8) is 0 Å². The molecule has 0 aliphatic heterocycles. The third kappa shape index (κ3) is 1.79. The van der Waals surface area contributed by atoms with E-state index in [0.29, 0.717) is 4.88 Å². The minimum Gasteiger partial charge on any atom is -0.477 e. The van der Waals surface area contributed by atoms with E-state index in [2.05, 4.69) is 15.9 Å². The molecule has 15 heavy (non-hydrogen) atoms. The van der Waals surface area contributed by atoms with Crippen molar-refractivity contribution in [1.82, 2.24) is 0 Å². The predicted octanol–water partition coefficient (Wildman–Crippen LogP) is 3.92. The molecule has 2 aromatic rings. The van der Waals surface area contributed by atoms with Gasteiger partial charge in [0.1, 0.15) is 4.88 Å². The molecule has 0 saturated heterocycles. The minimum absolute atomic E-state index is 0.464. The molecule has 1 heterocycles. The summed E-state index contributed by atoms with van der Waals surface area (Å²) in [6.45, 7) is 1.98. The lowest BCUT2D eigenvalue weighted by Gasteiger charge is -1.96. The fraction of sp³-hybridized carbons (Fsp3) is 0.182. The van der Waals surface area contributed by atoms with Crippen LogP contribution in [0.2, 0.25) is 0 Å². The topological polar surface area (TPSA) is 37.3 Å². The van der Waals surface area contributed by atoms with Crippen LogP contribution in [0, 0.1) is 0 Å². The largest absolute Gasteiger partial charge is 0.477 e. The number of carboxylic acid groups (broad SMARTS) is 1. The van der Waals surface area contributed by atoms with E-state index >= 15 is 0 Å².